The number of hydrogen-bond acceptors (Lipinski definition) is 4. The SMILES string of the molecule is CCc1ccc(C(=O)[C@H](C)OC(=O)c2[nH]c(C)c([C@@H](C)O)c2C)cc1. The van der Waals surface area contributed by atoms with Crippen LogP contribution >= 0.6 is 0 Å². The molecular formula is C20H25NO4. The number of aryl methyl sites for hydroxylation is 2. The van der Waals surface area contributed by atoms with E-state index in [2.05, 4.69) is 4.98 Å². The number of ether oxygens (including phenoxy) is 1. The van der Waals surface area contributed by atoms with E-state index in [9.17, 15) is 14.7 Å². The Morgan fingerprint density at radius 3 is 2.24 bits per heavy atom. The molecule has 0 aliphatic heterocycles. The molecule has 1 aromatic heterocycles. The van der Waals surface area contributed by atoms with Gasteiger partial charge in [0.15, 0.2) is 6.10 Å². The van der Waals surface area contributed by atoms with Crippen LogP contribution in [0.2, 0.25) is 0 Å². The van der Waals surface area contributed by atoms with Gasteiger partial charge in [0.05, 0.1) is 6.10 Å². The summed E-state index contributed by atoms with van der Waals surface area (Å²) >= 11 is 0. The van der Waals surface area contributed by atoms with Crippen LogP contribution in [0.5, 0.6) is 0 Å². The molecule has 2 N–H and O–H groups in total. The summed E-state index contributed by atoms with van der Waals surface area (Å²) in [4.78, 5) is 27.8. The van der Waals surface area contributed by atoms with E-state index >= 15 is 0 Å². The van der Waals surface area contributed by atoms with Crippen molar-refractivity contribution in [1.82, 2.24) is 4.98 Å². The lowest BCUT2D eigenvalue weighted by Gasteiger charge is -2.13. The van der Waals surface area contributed by atoms with E-state index in [4.69, 9.17) is 4.74 Å². The number of benzene rings is 1. The molecule has 0 radical (unpaired) electrons. The molecule has 0 amide bonds. The van der Waals surface area contributed by atoms with Gasteiger partial charge in [-0.3, -0.25) is 4.79 Å². The number of carbonyl (C=O) groups is 2. The lowest BCUT2D eigenvalue weighted by atomic mass is 10.0. The minimum Gasteiger partial charge on any atom is -0.450 e. The molecule has 134 valence electrons. The number of aliphatic hydroxyl groups is 1. The van der Waals surface area contributed by atoms with Crippen LogP contribution in [0.3, 0.4) is 0 Å². The number of nitrogens with one attached hydrogen (secondary N) is 1. The van der Waals surface area contributed by atoms with Crippen LogP contribution in [0.25, 0.3) is 0 Å². The van der Waals surface area contributed by atoms with Gasteiger partial charge in [-0.15, -0.1) is 0 Å². The Hall–Kier alpha value is -2.40. The highest BCUT2D eigenvalue weighted by Gasteiger charge is 2.25. The summed E-state index contributed by atoms with van der Waals surface area (Å²) in [6, 6.07) is 7.30. The van der Waals surface area contributed by atoms with Crippen molar-refractivity contribution in [2.45, 2.75) is 53.2 Å². The number of H-pyrrole nitrogens is 1. The van der Waals surface area contributed by atoms with Crippen LogP contribution in [0.4, 0.5) is 0 Å². The standard InChI is InChI=1S/C20H25NO4/c1-6-15-7-9-16(10-8-15)19(23)14(5)25-20(24)18-11(2)17(13(4)22)12(3)21-18/h7-10,13-14,21-22H,6H2,1-5H3/t13-,14+/m1/s1. The summed E-state index contributed by atoms with van der Waals surface area (Å²) in [6.07, 6.45) is -0.678. The van der Waals surface area contributed by atoms with Crippen molar-refractivity contribution in [1.29, 1.82) is 0 Å². The zero-order valence-corrected chi connectivity index (χ0v) is 15.3. The molecule has 0 aliphatic rings. The third-order valence-corrected chi connectivity index (χ3v) is 4.42. The lowest BCUT2D eigenvalue weighted by Crippen LogP contribution is -2.25. The van der Waals surface area contributed by atoms with Crippen LogP contribution in [0.15, 0.2) is 24.3 Å². The van der Waals surface area contributed by atoms with Crippen molar-refractivity contribution < 1.29 is 19.4 Å². The fourth-order valence-corrected chi connectivity index (χ4v) is 3.01. The van der Waals surface area contributed by atoms with Gasteiger partial charge in [0, 0.05) is 16.8 Å². The van der Waals surface area contributed by atoms with Crippen LogP contribution < -0.4 is 0 Å². The highest BCUT2D eigenvalue weighted by molar-refractivity contribution is 6.01. The van der Waals surface area contributed by atoms with Crippen molar-refractivity contribution >= 4 is 11.8 Å². The van der Waals surface area contributed by atoms with Gasteiger partial charge < -0.3 is 14.8 Å². The highest BCUT2D eigenvalue weighted by Crippen LogP contribution is 2.25. The van der Waals surface area contributed by atoms with Gasteiger partial charge in [-0.2, -0.15) is 0 Å². The highest BCUT2D eigenvalue weighted by atomic mass is 16.5. The first kappa shape index (κ1) is 18.9. The molecule has 2 atom stereocenters. The maximum Gasteiger partial charge on any atom is 0.355 e. The molecule has 0 saturated carbocycles. The van der Waals surface area contributed by atoms with Crippen LogP contribution in [0.1, 0.15) is 70.1 Å². The number of esters is 1. The number of aromatic amines is 1. The zero-order valence-electron chi connectivity index (χ0n) is 15.3. The number of aromatic nitrogens is 1. The number of Topliss-reactive ketones (excluding diaryl/α,β-unsaturated/α-hetero) is 1. The maximum absolute atomic E-state index is 12.4. The quantitative estimate of drug-likeness (QED) is 0.619. The van der Waals surface area contributed by atoms with Gasteiger partial charge >= 0.3 is 5.97 Å². The molecule has 0 bridgehead atoms. The van der Waals surface area contributed by atoms with Crippen molar-refractivity contribution in [3.63, 3.8) is 0 Å². The largest absolute Gasteiger partial charge is 0.450 e. The monoisotopic (exact) mass is 343 g/mol. The predicted octanol–water partition coefficient (Wildman–Crippen LogP) is 3.68. The van der Waals surface area contributed by atoms with E-state index in [-0.39, 0.29) is 11.5 Å². The Labute approximate surface area is 148 Å². The first-order valence-corrected chi connectivity index (χ1v) is 8.47. The lowest BCUT2D eigenvalue weighted by molar-refractivity contribution is 0.0313. The Bertz CT molecular complexity index is 772. The second-order valence-electron chi connectivity index (χ2n) is 6.30. The summed E-state index contributed by atoms with van der Waals surface area (Å²) in [5, 5.41) is 9.82. The molecular weight excluding hydrogens is 318 g/mol. The summed E-state index contributed by atoms with van der Waals surface area (Å²) in [5.41, 5.74) is 3.97. The van der Waals surface area contributed by atoms with Crippen molar-refractivity contribution in [3.8, 4) is 0 Å². The molecule has 25 heavy (non-hydrogen) atoms. The number of hydrogen-bond donors (Lipinski definition) is 2. The Balaban J connectivity index is 2.14. The van der Waals surface area contributed by atoms with Gasteiger partial charge in [-0.1, -0.05) is 31.2 Å². The number of rotatable bonds is 6. The molecule has 2 rings (SSSR count). The van der Waals surface area contributed by atoms with E-state index in [1.807, 2.05) is 19.1 Å². The third-order valence-electron chi connectivity index (χ3n) is 4.42. The second kappa shape index (κ2) is 7.66. The van der Waals surface area contributed by atoms with Crippen molar-refractivity contribution in [2.24, 2.45) is 0 Å². The molecule has 1 aromatic carbocycles. The van der Waals surface area contributed by atoms with Gasteiger partial charge in [0.1, 0.15) is 5.69 Å². The summed E-state index contributed by atoms with van der Waals surface area (Å²) in [7, 11) is 0. The second-order valence-corrected chi connectivity index (χ2v) is 6.30. The van der Waals surface area contributed by atoms with Gasteiger partial charge in [0.25, 0.3) is 0 Å². The third kappa shape index (κ3) is 3.99. The molecule has 0 fully saturated rings. The van der Waals surface area contributed by atoms with Crippen LogP contribution in [0, 0.1) is 13.8 Å². The minimum atomic E-state index is -0.891. The molecule has 1 heterocycles. The van der Waals surface area contributed by atoms with Crippen LogP contribution in [-0.4, -0.2) is 27.9 Å². The molecule has 5 heteroatoms. The number of carbonyl (C=O) groups excluding carboxylic acids is 2. The van der Waals surface area contributed by atoms with E-state index < -0.39 is 18.2 Å². The van der Waals surface area contributed by atoms with Crippen molar-refractivity contribution in [2.75, 3.05) is 0 Å². The molecule has 0 unspecified atom stereocenters. The Morgan fingerprint density at radius 1 is 1.16 bits per heavy atom. The minimum absolute atomic E-state index is 0.243. The first-order valence-electron chi connectivity index (χ1n) is 8.47. The number of ketones is 1. The molecule has 0 saturated heterocycles. The van der Waals surface area contributed by atoms with Gasteiger partial charge in [0.2, 0.25) is 5.78 Å². The van der Waals surface area contributed by atoms with Crippen molar-refractivity contribution in [3.05, 3.63) is 57.9 Å². The van der Waals surface area contributed by atoms with E-state index in [0.717, 1.165) is 12.0 Å². The zero-order chi connectivity index (χ0) is 18.7. The average molecular weight is 343 g/mol. The summed E-state index contributed by atoms with van der Waals surface area (Å²) < 4.78 is 5.34. The number of aliphatic hydroxyl groups excluding tert-OH is 1. The first-order chi connectivity index (χ1) is 11.8. The van der Waals surface area contributed by atoms with E-state index in [1.165, 1.54) is 0 Å². The Kier molecular flexibility index (Phi) is 5.80. The van der Waals surface area contributed by atoms with Gasteiger partial charge in [-0.05, 0) is 45.2 Å². The van der Waals surface area contributed by atoms with Gasteiger partial charge in [-0.25, -0.2) is 4.79 Å². The summed E-state index contributed by atoms with van der Waals surface area (Å²) in [5.74, 6) is -0.841. The molecule has 2 aromatic rings. The van der Waals surface area contributed by atoms with E-state index in [0.29, 0.717) is 22.4 Å². The summed E-state index contributed by atoms with van der Waals surface area (Å²) in [6.45, 7) is 8.79. The molecule has 0 aliphatic carbocycles. The predicted molar refractivity (Wildman–Crippen MR) is 95.9 cm³/mol. The van der Waals surface area contributed by atoms with E-state index in [1.54, 1.807) is 39.8 Å². The maximum atomic E-state index is 12.4. The fraction of sp³-hybridized carbons (Fsp3) is 0.400. The molecule has 0 spiro atoms. The topological polar surface area (TPSA) is 79.4 Å². The molecule has 5 nitrogen and oxygen atoms in total. The normalized spacial score (nSPS) is 13.4. The fourth-order valence-electron chi connectivity index (χ4n) is 3.01. The van der Waals surface area contributed by atoms with Crippen LogP contribution in [-0.2, 0) is 11.2 Å². The Morgan fingerprint density at radius 2 is 1.76 bits per heavy atom. The smallest absolute Gasteiger partial charge is 0.355 e. The average Bonchev–Trinajstić information content (AvgIpc) is 2.88.